The fraction of sp³-hybridized carbons (Fsp3) is 0.389. The largest absolute Gasteiger partial charge is 0.497 e. The SMILES string of the molecule is CCCCc1cc(=O)n(CC(=O)Nc2cc(OC)cc(OC)c2)cn1. The van der Waals surface area contributed by atoms with E-state index < -0.39 is 0 Å². The van der Waals surface area contributed by atoms with Crippen molar-refractivity contribution >= 4 is 11.6 Å². The molecule has 0 atom stereocenters. The quantitative estimate of drug-likeness (QED) is 0.793. The Hall–Kier alpha value is -2.83. The predicted molar refractivity (Wildman–Crippen MR) is 95.3 cm³/mol. The number of unbranched alkanes of at least 4 members (excludes halogenated alkanes) is 1. The highest BCUT2D eigenvalue weighted by Gasteiger charge is 2.09. The lowest BCUT2D eigenvalue weighted by molar-refractivity contribution is -0.116. The molecule has 1 amide bonds. The second-order valence-electron chi connectivity index (χ2n) is 5.60. The fourth-order valence-corrected chi connectivity index (χ4v) is 2.31. The van der Waals surface area contributed by atoms with E-state index >= 15 is 0 Å². The molecule has 25 heavy (non-hydrogen) atoms. The molecule has 0 bridgehead atoms. The lowest BCUT2D eigenvalue weighted by Gasteiger charge is -2.11. The molecule has 1 aromatic heterocycles. The van der Waals surface area contributed by atoms with Crippen molar-refractivity contribution in [2.75, 3.05) is 19.5 Å². The van der Waals surface area contributed by atoms with Gasteiger partial charge >= 0.3 is 0 Å². The number of aryl methyl sites for hydroxylation is 1. The van der Waals surface area contributed by atoms with Gasteiger partial charge in [-0.1, -0.05) is 13.3 Å². The molecule has 0 aliphatic rings. The van der Waals surface area contributed by atoms with Crippen molar-refractivity contribution < 1.29 is 14.3 Å². The van der Waals surface area contributed by atoms with Gasteiger partial charge in [0.05, 0.1) is 20.5 Å². The van der Waals surface area contributed by atoms with Gasteiger partial charge < -0.3 is 14.8 Å². The topological polar surface area (TPSA) is 82.5 Å². The summed E-state index contributed by atoms with van der Waals surface area (Å²) in [6.07, 6.45) is 4.20. The molecule has 0 radical (unpaired) electrons. The van der Waals surface area contributed by atoms with Crippen LogP contribution in [-0.4, -0.2) is 29.7 Å². The molecular formula is C18H23N3O4. The van der Waals surface area contributed by atoms with Gasteiger partial charge in [0, 0.05) is 35.6 Å². The van der Waals surface area contributed by atoms with E-state index in [-0.39, 0.29) is 18.0 Å². The van der Waals surface area contributed by atoms with Crippen LogP contribution in [0.25, 0.3) is 0 Å². The van der Waals surface area contributed by atoms with E-state index in [4.69, 9.17) is 9.47 Å². The van der Waals surface area contributed by atoms with E-state index in [0.717, 1.165) is 25.0 Å². The van der Waals surface area contributed by atoms with Crippen molar-refractivity contribution in [2.45, 2.75) is 32.7 Å². The summed E-state index contributed by atoms with van der Waals surface area (Å²) in [7, 11) is 3.07. The summed E-state index contributed by atoms with van der Waals surface area (Å²) in [5.74, 6) is 0.794. The van der Waals surface area contributed by atoms with Crippen molar-refractivity contribution in [2.24, 2.45) is 0 Å². The van der Waals surface area contributed by atoms with Crippen molar-refractivity contribution in [3.05, 3.63) is 46.6 Å². The van der Waals surface area contributed by atoms with Gasteiger partial charge in [-0.2, -0.15) is 0 Å². The molecule has 0 aliphatic heterocycles. The number of ether oxygens (including phenoxy) is 2. The first-order valence-electron chi connectivity index (χ1n) is 8.14. The Morgan fingerprint density at radius 3 is 2.40 bits per heavy atom. The van der Waals surface area contributed by atoms with E-state index in [1.54, 1.807) is 18.2 Å². The summed E-state index contributed by atoms with van der Waals surface area (Å²) in [6, 6.07) is 6.54. The molecule has 1 heterocycles. The third-order valence-electron chi connectivity index (χ3n) is 3.67. The minimum atomic E-state index is -0.333. The van der Waals surface area contributed by atoms with E-state index in [9.17, 15) is 9.59 Å². The molecule has 7 heteroatoms. The molecule has 0 spiro atoms. The summed E-state index contributed by atoms with van der Waals surface area (Å²) in [5.41, 5.74) is 1.04. The van der Waals surface area contributed by atoms with Crippen LogP contribution in [0.2, 0.25) is 0 Å². The Bertz CT molecular complexity index is 764. The molecule has 1 N–H and O–H groups in total. The highest BCUT2D eigenvalue weighted by molar-refractivity contribution is 5.91. The Labute approximate surface area is 146 Å². The number of methoxy groups -OCH3 is 2. The summed E-state index contributed by atoms with van der Waals surface area (Å²) in [5, 5.41) is 2.73. The van der Waals surface area contributed by atoms with Crippen LogP contribution >= 0.6 is 0 Å². The average molecular weight is 345 g/mol. The number of carbonyl (C=O) groups excluding carboxylic acids is 1. The molecule has 2 aromatic rings. The van der Waals surface area contributed by atoms with Gasteiger partial charge in [-0.15, -0.1) is 0 Å². The van der Waals surface area contributed by atoms with Crippen LogP contribution in [0.5, 0.6) is 11.5 Å². The molecule has 0 saturated heterocycles. The minimum absolute atomic E-state index is 0.112. The van der Waals surface area contributed by atoms with Crippen LogP contribution in [0.4, 0.5) is 5.69 Å². The van der Waals surface area contributed by atoms with E-state index in [0.29, 0.717) is 17.2 Å². The standard InChI is InChI=1S/C18H23N3O4/c1-4-5-6-13-9-18(23)21(12-19-13)11-17(22)20-14-7-15(24-2)10-16(8-14)25-3/h7-10,12H,4-6,11H2,1-3H3,(H,20,22). The van der Waals surface area contributed by atoms with Crippen molar-refractivity contribution in [3.63, 3.8) is 0 Å². The third kappa shape index (κ3) is 5.34. The summed E-state index contributed by atoms with van der Waals surface area (Å²) < 4.78 is 11.6. The number of carbonyl (C=O) groups is 1. The maximum Gasteiger partial charge on any atom is 0.253 e. The Morgan fingerprint density at radius 1 is 1.16 bits per heavy atom. The monoisotopic (exact) mass is 345 g/mol. The summed E-state index contributed by atoms with van der Waals surface area (Å²) in [6.45, 7) is 1.97. The Kier molecular flexibility index (Phi) is 6.56. The minimum Gasteiger partial charge on any atom is -0.497 e. The maximum absolute atomic E-state index is 12.2. The number of benzene rings is 1. The van der Waals surface area contributed by atoms with Gasteiger partial charge in [0.25, 0.3) is 5.56 Å². The molecule has 0 unspecified atom stereocenters. The van der Waals surface area contributed by atoms with E-state index in [2.05, 4.69) is 17.2 Å². The molecule has 0 aliphatic carbocycles. The van der Waals surface area contributed by atoms with E-state index in [1.807, 2.05) is 0 Å². The molecule has 7 nitrogen and oxygen atoms in total. The predicted octanol–water partition coefficient (Wildman–Crippen LogP) is 2.24. The van der Waals surface area contributed by atoms with Crippen LogP contribution < -0.4 is 20.3 Å². The lowest BCUT2D eigenvalue weighted by atomic mass is 10.2. The van der Waals surface area contributed by atoms with Gasteiger partial charge in [-0.3, -0.25) is 14.2 Å². The number of aromatic nitrogens is 2. The van der Waals surface area contributed by atoms with Crippen LogP contribution in [0, 0.1) is 0 Å². The number of anilines is 1. The third-order valence-corrected chi connectivity index (χ3v) is 3.67. The smallest absolute Gasteiger partial charge is 0.253 e. The van der Waals surface area contributed by atoms with Crippen molar-refractivity contribution in [1.29, 1.82) is 0 Å². The lowest BCUT2D eigenvalue weighted by Crippen LogP contribution is -2.27. The highest BCUT2D eigenvalue weighted by Crippen LogP contribution is 2.25. The molecule has 134 valence electrons. The number of hydrogen-bond acceptors (Lipinski definition) is 5. The molecule has 0 saturated carbocycles. The van der Waals surface area contributed by atoms with Gasteiger partial charge in [-0.05, 0) is 12.8 Å². The highest BCUT2D eigenvalue weighted by atomic mass is 16.5. The van der Waals surface area contributed by atoms with Gasteiger partial charge in [0.1, 0.15) is 18.0 Å². The molecule has 2 rings (SSSR count). The van der Waals surface area contributed by atoms with Crippen LogP contribution in [0.1, 0.15) is 25.5 Å². The molecule has 0 fully saturated rings. The molecular weight excluding hydrogens is 322 g/mol. The van der Waals surface area contributed by atoms with Crippen LogP contribution in [0.3, 0.4) is 0 Å². The average Bonchev–Trinajstić information content (AvgIpc) is 2.61. The second kappa shape index (κ2) is 8.86. The van der Waals surface area contributed by atoms with Crippen molar-refractivity contribution in [1.82, 2.24) is 9.55 Å². The van der Waals surface area contributed by atoms with E-state index in [1.165, 1.54) is 31.2 Å². The zero-order chi connectivity index (χ0) is 18.2. The Morgan fingerprint density at radius 2 is 1.84 bits per heavy atom. The number of hydrogen-bond donors (Lipinski definition) is 1. The normalized spacial score (nSPS) is 10.4. The number of nitrogens with zero attached hydrogens (tertiary/aromatic N) is 2. The first kappa shape index (κ1) is 18.5. The van der Waals surface area contributed by atoms with Gasteiger partial charge in [0.15, 0.2) is 0 Å². The fourth-order valence-electron chi connectivity index (χ4n) is 2.31. The first-order valence-corrected chi connectivity index (χ1v) is 8.14. The second-order valence-corrected chi connectivity index (χ2v) is 5.60. The van der Waals surface area contributed by atoms with Gasteiger partial charge in [-0.25, -0.2) is 4.98 Å². The maximum atomic E-state index is 12.2. The number of nitrogens with one attached hydrogen (secondary N) is 1. The summed E-state index contributed by atoms with van der Waals surface area (Å²) >= 11 is 0. The first-order chi connectivity index (χ1) is 12.0. The zero-order valence-corrected chi connectivity index (χ0v) is 14.7. The number of amides is 1. The van der Waals surface area contributed by atoms with Crippen molar-refractivity contribution in [3.8, 4) is 11.5 Å². The summed E-state index contributed by atoms with van der Waals surface area (Å²) in [4.78, 5) is 28.5. The van der Waals surface area contributed by atoms with Gasteiger partial charge in [0.2, 0.25) is 5.91 Å². The Balaban J connectivity index is 2.06. The zero-order valence-electron chi connectivity index (χ0n) is 14.7. The number of rotatable bonds is 8. The van der Waals surface area contributed by atoms with Crippen LogP contribution in [-0.2, 0) is 17.8 Å². The van der Waals surface area contributed by atoms with Crippen LogP contribution in [0.15, 0.2) is 35.4 Å². The molecule has 1 aromatic carbocycles.